The SMILES string of the molecule is CCC(=O)N[C@@H]1CCc2ccccc2N(Cc2ccccc2-c2ccccc2CNC(=O)NC(C)C)C1=O. The summed E-state index contributed by atoms with van der Waals surface area (Å²) in [6.07, 6.45) is 1.61. The van der Waals surface area contributed by atoms with E-state index < -0.39 is 6.04 Å². The van der Waals surface area contributed by atoms with E-state index in [1.54, 1.807) is 11.8 Å². The summed E-state index contributed by atoms with van der Waals surface area (Å²) >= 11 is 0. The van der Waals surface area contributed by atoms with E-state index in [2.05, 4.69) is 22.0 Å². The molecule has 4 rings (SSSR count). The third kappa shape index (κ3) is 6.40. The highest BCUT2D eigenvalue weighted by Crippen LogP contribution is 2.32. The molecule has 3 aromatic carbocycles. The van der Waals surface area contributed by atoms with Crippen molar-refractivity contribution in [3.05, 3.63) is 89.5 Å². The molecule has 1 aliphatic rings. The summed E-state index contributed by atoms with van der Waals surface area (Å²) in [6, 6.07) is 23.2. The maximum absolute atomic E-state index is 13.8. The molecule has 0 fully saturated rings. The lowest BCUT2D eigenvalue weighted by Gasteiger charge is -2.27. The fraction of sp³-hybridized carbons (Fsp3) is 0.323. The molecule has 0 saturated heterocycles. The smallest absolute Gasteiger partial charge is 0.315 e. The van der Waals surface area contributed by atoms with E-state index in [1.165, 1.54) is 0 Å². The molecular formula is C31H36N4O3. The molecule has 0 radical (unpaired) electrons. The van der Waals surface area contributed by atoms with Gasteiger partial charge in [0.05, 0.1) is 6.54 Å². The first-order valence-electron chi connectivity index (χ1n) is 13.3. The number of para-hydroxylation sites is 1. The second-order valence-electron chi connectivity index (χ2n) is 9.86. The van der Waals surface area contributed by atoms with Gasteiger partial charge in [-0.25, -0.2) is 4.79 Å². The van der Waals surface area contributed by atoms with Gasteiger partial charge in [0.25, 0.3) is 0 Å². The Morgan fingerprint density at radius 2 is 1.55 bits per heavy atom. The van der Waals surface area contributed by atoms with Gasteiger partial charge in [-0.2, -0.15) is 0 Å². The Labute approximate surface area is 224 Å². The first kappa shape index (κ1) is 26.9. The fourth-order valence-electron chi connectivity index (χ4n) is 4.83. The second kappa shape index (κ2) is 12.4. The molecule has 0 spiro atoms. The Bertz CT molecular complexity index is 1300. The van der Waals surface area contributed by atoms with Crippen molar-refractivity contribution >= 4 is 23.5 Å². The highest BCUT2D eigenvalue weighted by atomic mass is 16.2. The van der Waals surface area contributed by atoms with Crippen LogP contribution in [0.2, 0.25) is 0 Å². The zero-order valence-corrected chi connectivity index (χ0v) is 22.3. The van der Waals surface area contributed by atoms with Gasteiger partial charge in [0, 0.05) is 24.7 Å². The molecule has 0 bridgehead atoms. The van der Waals surface area contributed by atoms with Crippen LogP contribution in [-0.2, 0) is 29.1 Å². The van der Waals surface area contributed by atoms with Crippen molar-refractivity contribution in [3.8, 4) is 11.1 Å². The van der Waals surface area contributed by atoms with Crippen molar-refractivity contribution in [2.45, 2.75) is 65.2 Å². The molecule has 3 aromatic rings. The van der Waals surface area contributed by atoms with Gasteiger partial charge in [0.2, 0.25) is 11.8 Å². The molecule has 4 amide bonds. The Morgan fingerprint density at radius 3 is 2.26 bits per heavy atom. The summed E-state index contributed by atoms with van der Waals surface area (Å²) in [5.74, 6) is -0.232. The van der Waals surface area contributed by atoms with Gasteiger partial charge in [-0.3, -0.25) is 9.59 Å². The third-order valence-corrected chi connectivity index (χ3v) is 6.72. The number of amides is 4. The number of hydrogen-bond acceptors (Lipinski definition) is 3. The maximum Gasteiger partial charge on any atom is 0.315 e. The van der Waals surface area contributed by atoms with Crippen LogP contribution in [0.4, 0.5) is 10.5 Å². The summed E-state index contributed by atoms with van der Waals surface area (Å²) in [5.41, 5.74) is 5.93. The van der Waals surface area contributed by atoms with Crippen LogP contribution in [0.25, 0.3) is 11.1 Å². The lowest BCUT2D eigenvalue weighted by atomic mass is 9.94. The Hall–Kier alpha value is -4.13. The number of carbonyl (C=O) groups excluding carboxylic acids is 3. The summed E-state index contributed by atoms with van der Waals surface area (Å²) in [5, 5.41) is 8.73. The van der Waals surface area contributed by atoms with Crippen LogP contribution >= 0.6 is 0 Å². The number of nitrogens with zero attached hydrogens (tertiary/aromatic N) is 1. The summed E-state index contributed by atoms with van der Waals surface area (Å²) in [4.78, 5) is 40.0. The number of rotatable bonds is 8. The number of nitrogens with one attached hydrogen (secondary N) is 3. The predicted molar refractivity (Wildman–Crippen MR) is 151 cm³/mol. The minimum atomic E-state index is -0.571. The second-order valence-corrected chi connectivity index (χ2v) is 9.86. The molecule has 0 aromatic heterocycles. The minimum absolute atomic E-state index is 0.0472. The standard InChI is InChI=1S/C31H36N4O3/c1-4-29(36)34-27-18-17-22-11-7-10-16-28(22)35(30(27)37)20-24-13-6-9-15-26(24)25-14-8-5-12-23(25)19-32-31(38)33-21(2)3/h5-16,21,27H,4,17-20H2,1-3H3,(H,34,36)(H2,32,33,38)/t27-/m1/s1. The summed E-state index contributed by atoms with van der Waals surface area (Å²) in [6.45, 7) is 6.37. The van der Waals surface area contributed by atoms with Crippen LogP contribution in [0.1, 0.15) is 50.3 Å². The molecule has 7 heteroatoms. The molecule has 1 heterocycles. The van der Waals surface area contributed by atoms with Crippen LogP contribution in [-0.4, -0.2) is 29.9 Å². The molecule has 1 atom stereocenters. The van der Waals surface area contributed by atoms with Gasteiger partial charge in [-0.05, 0) is 60.6 Å². The number of benzene rings is 3. The van der Waals surface area contributed by atoms with Crippen LogP contribution in [0.3, 0.4) is 0 Å². The highest BCUT2D eigenvalue weighted by molar-refractivity contribution is 6.00. The van der Waals surface area contributed by atoms with Gasteiger partial charge in [-0.1, -0.05) is 73.7 Å². The first-order chi connectivity index (χ1) is 18.4. The van der Waals surface area contributed by atoms with E-state index in [4.69, 9.17) is 0 Å². The van der Waals surface area contributed by atoms with E-state index in [0.717, 1.165) is 33.5 Å². The van der Waals surface area contributed by atoms with Crippen molar-refractivity contribution < 1.29 is 14.4 Å². The molecule has 198 valence electrons. The average molecular weight is 513 g/mol. The Kier molecular flexibility index (Phi) is 8.79. The van der Waals surface area contributed by atoms with Gasteiger partial charge in [0.1, 0.15) is 6.04 Å². The fourth-order valence-corrected chi connectivity index (χ4v) is 4.83. The highest BCUT2D eigenvalue weighted by Gasteiger charge is 2.31. The van der Waals surface area contributed by atoms with E-state index in [9.17, 15) is 14.4 Å². The number of anilines is 1. The number of urea groups is 1. The summed E-state index contributed by atoms with van der Waals surface area (Å²) in [7, 11) is 0. The lowest BCUT2D eigenvalue weighted by Crippen LogP contribution is -2.47. The molecule has 7 nitrogen and oxygen atoms in total. The average Bonchev–Trinajstić information content (AvgIpc) is 3.04. The van der Waals surface area contributed by atoms with Crippen molar-refractivity contribution in [1.29, 1.82) is 0 Å². The molecule has 3 N–H and O–H groups in total. The van der Waals surface area contributed by atoms with Crippen molar-refractivity contribution in [3.63, 3.8) is 0 Å². The van der Waals surface area contributed by atoms with E-state index in [0.29, 0.717) is 32.4 Å². The normalized spacial score (nSPS) is 15.0. The lowest BCUT2D eigenvalue weighted by molar-refractivity contribution is -0.127. The number of hydrogen-bond donors (Lipinski definition) is 3. The largest absolute Gasteiger partial charge is 0.344 e. The molecule has 0 unspecified atom stereocenters. The quantitative estimate of drug-likeness (QED) is 0.400. The zero-order valence-electron chi connectivity index (χ0n) is 22.3. The van der Waals surface area contributed by atoms with Crippen LogP contribution in [0.5, 0.6) is 0 Å². The Morgan fingerprint density at radius 1 is 0.921 bits per heavy atom. The van der Waals surface area contributed by atoms with Gasteiger partial charge < -0.3 is 20.9 Å². The molecule has 0 aliphatic carbocycles. The first-order valence-corrected chi connectivity index (χ1v) is 13.3. The van der Waals surface area contributed by atoms with E-state index in [-0.39, 0.29) is 23.9 Å². The predicted octanol–water partition coefficient (Wildman–Crippen LogP) is 4.94. The number of carbonyl (C=O) groups is 3. The number of aryl methyl sites for hydroxylation is 1. The number of fused-ring (bicyclic) bond motifs is 1. The van der Waals surface area contributed by atoms with Crippen molar-refractivity contribution in [1.82, 2.24) is 16.0 Å². The third-order valence-electron chi connectivity index (χ3n) is 6.72. The molecule has 38 heavy (non-hydrogen) atoms. The molecular weight excluding hydrogens is 476 g/mol. The van der Waals surface area contributed by atoms with Crippen LogP contribution in [0, 0.1) is 0 Å². The minimum Gasteiger partial charge on any atom is -0.344 e. The van der Waals surface area contributed by atoms with Crippen molar-refractivity contribution in [2.75, 3.05) is 4.90 Å². The monoisotopic (exact) mass is 512 g/mol. The summed E-state index contributed by atoms with van der Waals surface area (Å²) < 4.78 is 0. The van der Waals surface area contributed by atoms with Gasteiger partial charge >= 0.3 is 6.03 Å². The van der Waals surface area contributed by atoms with Crippen molar-refractivity contribution in [2.24, 2.45) is 0 Å². The van der Waals surface area contributed by atoms with E-state index >= 15 is 0 Å². The zero-order chi connectivity index (χ0) is 27.1. The van der Waals surface area contributed by atoms with E-state index in [1.807, 2.05) is 80.6 Å². The topological polar surface area (TPSA) is 90.5 Å². The van der Waals surface area contributed by atoms with Gasteiger partial charge in [0.15, 0.2) is 0 Å². The van der Waals surface area contributed by atoms with Gasteiger partial charge in [-0.15, -0.1) is 0 Å². The Balaban J connectivity index is 1.67. The maximum atomic E-state index is 13.8. The van der Waals surface area contributed by atoms with Crippen LogP contribution in [0.15, 0.2) is 72.8 Å². The van der Waals surface area contributed by atoms with Crippen LogP contribution < -0.4 is 20.9 Å². The molecule has 1 aliphatic heterocycles. The molecule has 0 saturated carbocycles.